The highest BCUT2D eigenvalue weighted by atomic mass is 31.2. The van der Waals surface area contributed by atoms with E-state index in [9.17, 15) is 65.6 Å². The molecule has 18 atom stereocenters. The molecule has 0 aromatic heterocycles. The minimum atomic E-state index is -5.40. The summed E-state index contributed by atoms with van der Waals surface area (Å²) in [5.41, 5.74) is 0. The number of phosphoric ester groups is 1. The molecule has 0 aromatic rings. The fourth-order valence-electron chi connectivity index (χ4n) is 9.94. The van der Waals surface area contributed by atoms with Crippen molar-refractivity contribution >= 4 is 7.82 Å². The first-order valence-corrected chi connectivity index (χ1v) is 30.4. The van der Waals surface area contributed by atoms with E-state index in [1.807, 2.05) is 0 Å². The smallest absolute Gasteiger partial charge is 0.394 e. The molecule has 0 spiro atoms. The number of unbranched alkanes of at least 4 members (excludes halogenated alkanes) is 26. The lowest BCUT2D eigenvalue weighted by atomic mass is 9.84. The zero-order chi connectivity index (χ0) is 55.0. The Labute approximate surface area is 447 Å². The maximum atomic E-state index is 14.0. The van der Waals surface area contributed by atoms with E-state index in [2.05, 4.69) is 13.8 Å². The van der Waals surface area contributed by atoms with E-state index in [0.29, 0.717) is 19.6 Å². The summed E-state index contributed by atoms with van der Waals surface area (Å²) in [5.74, 6) is 0. The quantitative estimate of drug-likeness (QED) is 0.0299. The van der Waals surface area contributed by atoms with Crippen LogP contribution in [-0.4, -0.2) is 205 Å². The van der Waals surface area contributed by atoms with Crippen molar-refractivity contribution in [2.24, 2.45) is 0 Å². The van der Waals surface area contributed by atoms with Gasteiger partial charge in [-0.2, -0.15) is 0 Å². The average Bonchev–Trinajstić information content (AvgIpc) is 3.40. The van der Waals surface area contributed by atoms with E-state index in [1.54, 1.807) is 0 Å². The molecule has 2 heterocycles. The summed E-state index contributed by atoms with van der Waals surface area (Å²) in [4.78, 5) is 11.3. The van der Waals surface area contributed by atoms with Gasteiger partial charge in [-0.1, -0.05) is 181 Å². The largest absolute Gasteiger partial charge is 0.472 e. The van der Waals surface area contributed by atoms with Crippen LogP contribution in [0.2, 0.25) is 0 Å². The number of rotatable bonds is 44. The van der Waals surface area contributed by atoms with Crippen molar-refractivity contribution in [2.45, 2.75) is 298 Å². The first kappa shape index (κ1) is 68.7. The Bertz CT molecular complexity index is 1390. The van der Waals surface area contributed by atoms with Crippen LogP contribution in [0.1, 0.15) is 194 Å². The third kappa shape index (κ3) is 25.4. The molecule has 0 radical (unpaired) electrons. The van der Waals surface area contributed by atoms with Gasteiger partial charge in [0.05, 0.1) is 26.4 Å². The van der Waals surface area contributed by atoms with Crippen LogP contribution in [0.4, 0.5) is 0 Å². The van der Waals surface area contributed by atoms with Gasteiger partial charge >= 0.3 is 7.82 Å². The predicted molar refractivity (Wildman–Crippen MR) is 277 cm³/mol. The third-order valence-electron chi connectivity index (χ3n) is 14.8. The average molecular weight is 1110 g/mol. The standard InChI is InChI=1S/C53H103O21P/c1-3-5-7-9-11-13-15-17-19-21-23-25-27-29-31-67-35-37(68-32-30-28-26-24-22-20-18-16-14-12-10-8-6-4-2)36-69-75(65,66)74-51-49(72-52-47(63)42(58)40(56)38(33-54)70-52)45(61)44(60)46(62)50(51)73-53-48(64)43(59)41(57)39(34-55)71-53/h37-64H,3-36H2,1-2H3,(H,65,66)/t37-,38?,39?,40-,41-,42+,43?,44-,45?,46+,47?,48-,49?,50?,51-,52-,53-/m1/s1. The van der Waals surface area contributed by atoms with Crippen molar-refractivity contribution in [2.75, 3.05) is 39.6 Å². The first-order valence-electron chi connectivity index (χ1n) is 28.9. The minimum Gasteiger partial charge on any atom is -0.394 e. The van der Waals surface area contributed by atoms with E-state index < -0.39 is 132 Å². The number of phosphoric acid groups is 1. The van der Waals surface area contributed by atoms with Crippen LogP contribution in [0.5, 0.6) is 0 Å². The molecule has 8 unspecified atom stereocenters. The van der Waals surface area contributed by atoms with Gasteiger partial charge in [-0.15, -0.1) is 0 Å². The first-order chi connectivity index (χ1) is 36.1. The molecular weight excluding hydrogens is 1000 g/mol. The van der Waals surface area contributed by atoms with Gasteiger partial charge in [-0.05, 0) is 12.8 Å². The molecule has 446 valence electrons. The Morgan fingerprint density at radius 2 is 0.747 bits per heavy atom. The topological polar surface area (TPSA) is 334 Å². The lowest BCUT2D eigenvalue weighted by Gasteiger charge is -2.49. The molecule has 21 nitrogen and oxygen atoms in total. The molecule has 2 aliphatic heterocycles. The van der Waals surface area contributed by atoms with Crippen LogP contribution in [0, 0.1) is 0 Å². The van der Waals surface area contributed by atoms with Crippen molar-refractivity contribution in [3.05, 3.63) is 0 Å². The van der Waals surface area contributed by atoms with E-state index in [0.717, 1.165) is 44.9 Å². The molecule has 3 rings (SSSR count). The zero-order valence-electron chi connectivity index (χ0n) is 45.3. The van der Waals surface area contributed by atoms with Gasteiger partial charge in [-0.25, -0.2) is 4.57 Å². The van der Waals surface area contributed by atoms with Crippen LogP contribution in [0.15, 0.2) is 0 Å². The van der Waals surface area contributed by atoms with Gasteiger partial charge in [0.15, 0.2) is 12.6 Å². The number of hydrogen-bond donors (Lipinski definition) is 12. The molecule has 22 heteroatoms. The highest BCUT2D eigenvalue weighted by Crippen LogP contribution is 2.49. The van der Waals surface area contributed by atoms with Gasteiger partial charge < -0.3 is 89.5 Å². The molecule has 0 aromatic carbocycles. The molecule has 12 N–H and O–H groups in total. The Morgan fingerprint density at radius 3 is 1.11 bits per heavy atom. The maximum absolute atomic E-state index is 14.0. The zero-order valence-corrected chi connectivity index (χ0v) is 46.2. The lowest BCUT2D eigenvalue weighted by Crippen LogP contribution is -2.69. The predicted octanol–water partition coefficient (Wildman–Crippen LogP) is 4.32. The third-order valence-corrected chi connectivity index (χ3v) is 15.8. The molecule has 1 aliphatic carbocycles. The maximum Gasteiger partial charge on any atom is 0.472 e. The molecule has 75 heavy (non-hydrogen) atoms. The van der Waals surface area contributed by atoms with Gasteiger partial charge in [0.25, 0.3) is 0 Å². The van der Waals surface area contributed by atoms with Crippen LogP contribution < -0.4 is 0 Å². The number of hydrogen-bond acceptors (Lipinski definition) is 20. The minimum absolute atomic E-state index is 0.00418. The van der Waals surface area contributed by atoms with Crippen molar-refractivity contribution in [1.82, 2.24) is 0 Å². The SMILES string of the molecule is CCCCCCCCCCCCCCCCOC[C@H](COP(=O)(O)O[C@@H]1C(O[C@H]2OC(CO)[C@@H](O)[C@H](O)C2O)C(O)[C@@H](O)[C@H](O)C1O[C@H]1OC(CO)[C@@H](O)C(O)[C@H]1O)OCCCCCCCCCCCCCCCC. The highest BCUT2D eigenvalue weighted by Gasteiger charge is 2.58. The molecule has 0 amide bonds. The van der Waals surface area contributed by atoms with Gasteiger partial charge in [0.2, 0.25) is 0 Å². The fraction of sp³-hybridized carbons (Fsp3) is 1.00. The van der Waals surface area contributed by atoms with Crippen LogP contribution in [0.3, 0.4) is 0 Å². The Morgan fingerprint density at radius 1 is 0.413 bits per heavy atom. The molecule has 0 bridgehead atoms. The summed E-state index contributed by atoms with van der Waals surface area (Å²) in [6.07, 6.45) is 0.489. The van der Waals surface area contributed by atoms with Crippen LogP contribution in [-0.2, 0) is 42.0 Å². The molecule has 3 fully saturated rings. The number of aliphatic hydroxyl groups excluding tert-OH is 11. The second-order valence-corrected chi connectivity index (χ2v) is 22.6. The second kappa shape index (κ2) is 39.8. The fourth-order valence-corrected chi connectivity index (χ4v) is 10.9. The summed E-state index contributed by atoms with van der Waals surface area (Å²) >= 11 is 0. The molecular formula is C53H103O21P. The van der Waals surface area contributed by atoms with Gasteiger partial charge in [0, 0.05) is 13.2 Å². The lowest BCUT2D eigenvalue weighted by molar-refractivity contribution is -0.360. The summed E-state index contributed by atoms with van der Waals surface area (Å²) < 4.78 is 59.6. The van der Waals surface area contributed by atoms with Gasteiger partial charge in [-0.3, -0.25) is 9.05 Å². The summed E-state index contributed by atoms with van der Waals surface area (Å²) in [5, 5.41) is 117. The highest BCUT2D eigenvalue weighted by molar-refractivity contribution is 7.47. The number of aliphatic hydroxyl groups is 11. The van der Waals surface area contributed by atoms with Crippen molar-refractivity contribution < 1.29 is 103 Å². The van der Waals surface area contributed by atoms with E-state index in [-0.39, 0.29) is 6.61 Å². The summed E-state index contributed by atoms with van der Waals surface area (Å²) in [7, 11) is -5.40. The van der Waals surface area contributed by atoms with Crippen LogP contribution in [0.25, 0.3) is 0 Å². The number of ether oxygens (including phenoxy) is 6. The normalized spacial score (nSPS) is 32.7. The summed E-state index contributed by atoms with van der Waals surface area (Å²) in [6, 6.07) is 0. The van der Waals surface area contributed by atoms with Crippen LogP contribution >= 0.6 is 7.82 Å². The van der Waals surface area contributed by atoms with Crippen molar-refractivity contribution in [3.63, 3.8) is 0 Å². The molecule has 3 aliphatic rings. The van der Waals surface area contributed by atoms with Crippen molar-refractivity contribution in [1.29, 1.82) is 0 Å². The van der Waals surface area contributed by atoms with E-state index in [1.165, 1.54) is 128 Å². The Hall–Kier alpha value is -0.570. The molecule has 2 saturated heterocycles. The monoisotopic (exact) mass is 1110 g/mol. The Balaban J connectivity index is 1.66. The second-order valence-electron chi connectivity index (χ2n) is 21.2. The van der Waals surface area contributed by atoms with Crippen molar-refractivity contribution in [3.8, 4) is 0 Å². The van der Waals surface area contributed by atoms with E-state index in [4.69, 9.17) is 37.5 Å². The van der Waals surface area contributed by atoms with Gasteiger partial charge in [0.1, 0.15) is 91.6 Å². The molecule has 1 saturated carbocycles. The van der Waals surface area contributed by atoms with E-state index >= 15 is 0 Å². The Kier molecular flexibility index (Phi) is 36.4. The summed E-state index contributed by atoms with van der Waals surface area (Å²) in [6.45, 7) is 2.86.